The first kappa shape index (κ1) is 20.1. The van der Waals surface area contributed by atoms with Crippen molar-refractivity contribution in [3.8, 4) is 0 Å². The van der Waals surface area contributed by atoms with Crippen LogP contribution in [0.4, 0.5) is 13.2 Å². The molecule has 0 bridgehead atoms. The minimum atomic E-state index is -4.28. The Morgan fingerprint density at radius 1 is 1.11 bits per heavy atom. The van der Waals surface area contributed by atoms with E-state index in [2.05, 4.69) is 10.3 Å². The van der Waals surface area contributed by atoms with E-state index in [9.17, 15) is 18.0 Å². The summed E-state index contributed by atoms with van der Waals surface area (Å²) in [6.45, 7) is 0. The maximum atomic E-state index is 12.7. The van der Waals surface area contributed by atoms with Crippen molar-refractivity contribution < 1.29 is 18.0 Å². The molecule has 1 amide bonds. The molecule has 0 aliphatic carbocycles. The van der Waals surface area contributed by atoms with Gasteiger partial charge in [0.2, 0.25) is 0 Å². The van der Waals surface area contributed by atoms with Crippen molar-refractivity contribution in [2.24, 2.45) is 0 Å². The maximum absolute atomic E-state index is 12.7. The number of nitrogens with zero attached hydrogens (tertiary/aromatic N) is 1. The van der Waals surface area contributed by atoms with Crippen LogP contribution in [0.2, 0.25) is 5.02 Å². The molecule has 2 aromatic carbocycles. The number of para-hydroxylation sites is 1. The van der Waals surface area contributed by atoms with Crippen LogP contribution in [0.25, 0.3) is 10.9 Å². The van der Waals surface area contributed by atoms with Crippen LogP contribution in [-0.4, -0.2) is 23.1 Å². The molecule has 0 spiro atoms. The number of benzene rings is 2. The van der Waals surface area contributed by atoms with Crippen molar-refractivity contribution in [3.05, 3.63) is 76.9 Å². The Kier molecular flexibility index (Phi) is 6.19. The molecule has 0 aliphatic rings. The molecular weight excluding hydrogens is 389 g/mol. The highest BCUT2D eigenvalue weighted by Crippen LogP contribution is 2.24. The fourth-order valence-electron chi connectivity index (χ4n) is 2.98. The minimum Gasteiger partial charge on any atom is -0.349 e. The van der Waals surface area contributed by atoms with Crippen molar-refractivity contribution in [1.82, 2.24) is 10.3 Å². The van der Waals surface area contributed by atoms with Crippen LogP contribution in [0.5, 0.6) is 0 Å². The predicted octanol–water partition coefficient (Wildman–Crippen LogP) is 5.57. The molecule has 146 valence electrons. The van der Waals surface area contributed by atoms with Gasteiger partial charge in [-0.1, -0.05) is 54.1 Å². The topological polar surface area (TPSA) is 42.0 Å². The van der Waals surface area contributed by atoms with Crippen molar-refractivity contribution in [1.29, 1.82) is 0 Å². The van der Waals surface area contributed by atoms with Gasteiger partial charge < -0.3 is 5.32 Å². The summed E-state index contributed by atoms with van der Waals surface area (Å²) in [5.41, 5.74) is 1.71. The second kappa shape index (κ2) is 8.61. The normalized spacial score (nSPS) is 12.7. The third-order valence-electron chi connectivity index (χ3n) is 4.36. The van der Waals surface area contributed by atoms with E-state index in [1.165, 1.54) is 6.20 Å². The molecule has 0 fully saturated rings. The van der Waals surface area contributed by atoms with E-state index >= 15 is 0 Å². The zero-order chi connectivity index (χ0) is 20.1. The standard InChI is InChI=1S/C21H18ClF3N2O/c22-18-8-4-7-15-12-16(13-26-19(15)18)20(28)27-17(9-10-21(23,24)25)11-14-5-2-1-3-6-14/h1-8,12-13,17H,9-11H2,(H,27,28). The SMILES string of the molecule is O=C(NC(CCC(F)(F)F)Cc1ccccc1)c1cnc2c(Cl)cccc2c1. The highest BCUT2D eigenvalue weighted by Gasteiger charge is 2.29. The summed E-state index contributed by atoms with van der Waals surface area (Å²) in [4.78, 5) is 16.8. The first-order chi connectivity index (χ1) is 13.3. The number of alkyl halides is 3. The Balaban J connectivity index is 1.77. The number of halogens is 4. The lowest BCUT2D eigenvalue weighted by atomic mass is 10.0. The highest BCUT2D eigenvalue weighted by atomic mass is 35.5. The van der Waals surface area contributed by atoms with Crippen molar-refractivity contribution in [3.63, 3.8) is 0 Å². The first-order valence-corrected chi connectivity index (χ1v) is 9.15. The van der Waals surface area contributed by atoms with Crippen LogP contribution >= 0.6 is 11.6 Å². The van der Waals surface area contributed by atoms with E-state index in [1.54, 1.807) is 24.3 Å². The lowest BCUT2D eigenvalue weighted by molar-refractivity contribution is -0.136. The summed E-state index contributed by atoms with van der Waals surface area (Å²) >= 11 is 6.08. The number of hydrogen-bond acceptors (Lipinski definition) is 2. The van der Waals surface area contributed by atoms with Crippen molar-refractivity contribution in [2.75, 3.05) is 0 Å². The van der Waals surface area contributed by atoms with Gasteiger partial charge in [0, 0.05) is 24.0 Å². The van der Waals surface area contributed by atoms with Gasteiger partial charge in [-0.2, -0.15) is 13.2 Å². The summed E-state index contributed by atoms with van der Waals surface area (Å²) < 4.78 is 38.1. The van der Waals surface area contributed by atoms with E-state index < -0.39 is 24.5 Å². The van der Waals surface area contributed by atoms with Crippen LogP contribution in [0, 0.1) is 0 Å². The Labute approximate surface area is 165 Å². The second-order valence-electron chi connectivity index (χ2n) is 6.55. The van der Waals surface area contributed by atoms with E-state index in [0.717, 1.165) is 5.56 Å². The number of amides is 1. The van der Waals surface area contributed by atoms with Crippen LogP contribution < -0.4 is 5.32 Å². The molecule has 0 radical (unpaired) electrons. The number of rotatable bonds is 6. The number of aromatic nitrogens is 1. The molecule has 3 nitrogen and oxygen atoms in total. The molecule has 0 saturated carbocycles. The molecule has 3 aromatic rings. The molecule has 1 heterocycles. The maximum Gasteiger partial charge on any atom is 0.389 e. The number of carbonyl (C=O) groups excluding carboxylic acids is 1. The molecule has 28 heavy (non-hydrogen) atoms. The average Bonchev–Trinajstić information content (AvgIpc) is 2.66. The summed E-state index contributed by atoms with van der Waals surface area (Å²) in [6.07, 6.45) is -3.74. The van der Waals surface area contributed by atoms with Gasteiger partial charge in [-0.25, -0.2) is 0 Å². The van der Waals surface area contributed by atoms with E-state index in [1.807, 2.05) is 30.3 Å². The molecule has 3 rings (SSSR count). The second-order valence-corrected chi connectivity index (χ2v) is 6.96. The van der Waals surface area contributed by atoms with Crippen LogP contribution in [-0.2, 0) is 6.42 Å². The van der Waals surface area contributed by atoms with Gasteiger partial charge in [-0.3, -0.25) is 9.78 Å². The monoisotopic (exact) mass is 406 g/mol. The van der Waals surface area contributed by atoms with E-state index in [4.69, 9.17) is 11.6 Å². The minimum absolute atomic E-state index is 0.197. The summed E-state index contributed by atoms with van der Waals surface area (Å²) in [6, 6.07) is 15.3. The number of carbonyl (C=O) groups is 1. The van der Waals surface area contributed by atoms with Gasteiger partial charge in [0.25, 0.3) is 5.91 Å². The van der Waals surface area contributed by atoms with E-state index in [-0.39, 0.29) is 12.0 Å². The Hall–Kier alpha value is -2.60. The number of fused-ring (bicyclic) bond motifs is 1. The van der Waals surface area contributed by atoms with E-state index in [0.29, 0.717) is 22.3 Å². The first-order valence-electron chi connectivity index (χ1n) is 8.77. The van der Waals surface area contributed by atoms with Crippen LogP contribution in [0.15, 0.2) is 60.8 Å². The zero-order valence-electron chi connectivity index (χ0n) is 14.8. The third-order valence-corrected chi connectivity index (χ3v) is 4.67. The molecule has 0 aliphatic heterocycles. The van der Waals surface area contributed by atoms with Gasteiger partial charge in [0.05, 0.1) is 16.1 Å². The molecule has 1 aromatic heterocycles. The number of pyridine rings is 1. The van der Waals surface area contributed by atoms with Gasteiger partial charge in [0.1, 0.15) is 0 Å². The van der Waals surface area contributed by atoms with Gasteiger partial charge in [-0.15, -0.1) is 0 Å². The molecule has 1 unspecified atom stereocenters. The lowest BCUT2D eigenvalue weighted by Crippen LogP contribution is -2.37. The summed E-state index contributed by atoms with van der Waals surface area (Å²) in [5.74, 6) is -0.461. The molecule has 0 saturated heterocycles. The van der Waals surface area contributed by atoms with Crippen molar-refractivity contribution >= 4 is 28.4 Å². The van der Waals surface area contributed by atoms with Gasteiger partial charge >= 0.3 is 6.18 Å². The van der Waals surface area contributed by atoms with Crippen molar-refractivity contribution in [2.45, 2.75) is 31.5 Å². The zero-order valence-corrected chi connectivity index (χ0v) is 15.6. The molecule has 7 heteroatoms. The van der Waals surface area contributed by atoms with Crippen LogP contribution in [0.3, 0.4) is 0 Å². The third kappa shape index (κ3) is 5.45. The Morgan fingerprint density at radius 3 is 2.57 bits per heavy atom. The predicted molar refractivity (Wildman–Crippen MR) is 103 cm³/mol. The smallest absolute Gasteiger partial charge is 0.349 e. The molecule has 1 atom stereocenters. The Bertz CT molecular complexity index is 961. The largest absolute Gasteiger partial charge is 0.389 e. The Morgan fingerprint density at radius 2 is 1.86 bits per heavy atom. The fraction of sp³-hybridized carbons (Fsp3) is 0.238. The number of hydrogen-bond donors (Lipinski definition) is 1. The fourth-order valence-corrected chi connectivity index (χ4v) is 3.21. The lowest BCUT2D eigenvalue weighted by Gasteiger charge is -2.20. The summed E-state index contributed by atoms with van der Waals surface area (Å²) in [7, 11) is 0. The van der Waals surface area contributed by atoms with Gasteiger partial charge in [-0.05, 0) is 30.5 Å². The number of nitrogens with one attached hydrogen (secondary N) is 1. The molecule has 1 N–H and O–H groups in total. The average molecular weight is 407 g/mol. The van der Waals surface area contributed by atoms with Crippen LogP contribution in [0.1, 0.15) is 28.8 Å². The highest BCUT2D eigenvalue weighted by molar-refractivity contribution is 6.35. The summed E-state index contributed by atoms with van der Waals surface area (Å²) in [5, 5.41) is 3.88. The quantitative estimate of drug-likeness (QED) is 0.581. The van der Waals surface area contributed by atoms with Gasteiger partial charge in [0.15, 0.2) is 0 Å². The molecular formula is C21H18ClF3N2O.